The number of anilines is 1. The molecule has 0 aromatic heterocycles. The third kappa shape index (κ3) is 2.70. The van der Waals surface area contributed by atoms with Gasteiger partial charge in [0, 0.05) is 21.8 Å². The van der Waals surface area contributed by atoms with E-state index in [-0.39, 0.29) is 0 Å². The summed E-state index contributed by atoms with van der Waals surface area (Å²) in [6.07, 6.45) is 0. The lowest BCUT2D eigenvalue weighted by atomic mass is 10.0. The Morgan fingerprint density at radius 3 is 2.45 bits per heavy atom. The predicted octanol–water partition coefficient (Wildman–Crippen LogP) is 3.38. The van der Waals surface area contributed by atoms with Gasteiger partial charge in [0.25, 0.3) is 0 Å². The fourth-order valence-electron chi connectivity index (χ4n) is 1.89. The van der Waals surface area contributed by atoms with E-state index in [9.17, 15) is 4.79 Å². The average molecular weight is 292 g/mol. The Labute approximate surface area is 122 Å². The number of nitrogens with two attached hydrogens (primary N) is 1. The molecule has 0 aliphatic rings. The number of hydrogen-bond acceptors (Lipinski definition) is 4. The van der Waals surface area contributed by atoms with Crippen molar-refractivity contribution < 1.29 is 14.3 Å². The van der Waals surface area contributed by atoms with E-state index in [1.165, 1.54) is 7.11 Å². The highest BCUT2D eigenvalue weighted by Gasteiger charge is 2.12. The SMILES string of the molecule is COC(=O)c1ccc(-c2cc(OC)ccc2Cl)c(N)c1. The summed E-state index contributed by atoms with van der Waals surface area (Å²) in [5.74, 6) is 0.251. The number of esters is 1. The highest BCUT2D eigenvalue weighted by Crippen LogP contribution is 2.35. The molecule has 5 heteroatoms. The van der Waals surface area contributed by atoms with Crippen molar-refractivity contribution in [3.05, 3.63) is 47.0 Å². The Morgan fingerprint density at radius 2 is 1.85 bits per heavy atom. The molecule has 2 aromatic carbocycles. The minimum atomic E-state index is -0.431. The van der Waals surface area contributed by atoms with Gasteiger partial charge in [0.05, 0.1) is 19.8 Å². The normalized spacial score (nSPS) is 10.2. The fraction of sp³-hybridized carbons (Fsp3) is 0.133. The molecule has 0 saturated carbocycles. The van der Waals surface area contributed by atoms with Gasteiger partial charge in [-0.25, -0.2) is 4.79 Å². The second-order valence-electron chi connectivity index (χ2n) is 4.14. The smallest absolute Gasteiger partial charge is 0.337 e. The maximum Gasteiger partial charge on any atom is 0.337 e. The van der Waals surface area contributed by atoms with Gasteiger partial charge in [0.15, 0.2) is 0 Å². The molecular weight excluding hydrogens is 278 g/mol. The van der Waals surface area contributed by atoms with E-state index in [0.29, 0.717) is 22.0 Å². The van der Waals surface area contributed by atoms with Gasteiger partial charge >= 0.3 is 5.97 Å². The number of benzene rings is 2. The number of ether oxygens (including phenoxy) is 2. The maximum absolute atomic E-state index is 11.5. The molecule has 2 aromatic rings. The molecule has 4 nitrogen and oxygen atoms in total. The van der Waals surface area contributed by atoms with E-state index in [0.717, 1.165) is 11.1 Å². The van der Waals surface area contributed by atoms with Gasteiger partial charge < -0.3 is 15.2 Å². The summed E-state index contributed by atoms with van der Waals surface area (Å²) in [5.41, 5.74) is 8.33. The lowest BCUT2D eigenvalue weighted by Gasteiger charge is -2.11. The molecule has 0 aliphatic heterocycles. The van der Waals surface area contributed by atoms with Gasteiger partial charge in [0.1, 0.15) is 5.75 Å². The number of carbonyl (C=O) groups excluding carboxylic acids is 1. The Morgan fingerprint density at radius 1 is 1.10 bits per heavy atom. The summed E-state index contributed by atoms with van der Waals surface area (Å²) < 4.78 is 9.83. The molecule has 2 N–H and O–H groups in total. The van der Waals surface area contributed by atoms with Crippen LogP contribution in [0.3, 0.4) is 0 Å². The molecular formula is C15H14ClNO3. The lowest BCUT2D eigenvalue weighted by molar-refractivity contribution is 0.0601. The first kappa shape index (κ1) is 14.2. The highest BCUT2D eigenvalue weighted by atomic mass is 35.5. The number of nitrogen functional groups attached to an aromatic ring is 1. The second-order valence-corrected chi connectivity index (χ2v) is 4.55. The standard InChI is InChI=1S/C15H14ClNO3/c1-19-10-4-6-13(16)12(8-10)11-5-3-9(7-14(11)17)15(18)20-2/h3-8H,17H2,1-2H3. The molecule has 0 unspecified atom stereocenters. The maximum atomic E-state index is 11.5. The van der Waals surface area contributed by atoms with Gasteiger partial charge in [-0.15, -0.1) is 0 Å². The topological polar surface area (TPSA) is 61.5 Å². The number of halogens is 1. The molecule has 0 radical (unpaired) electrons. The zero-order valence-corrected chi connectivity index (χ0v) is 11.9. The molecule has 0 aliphatic carbocycles. The molecule has 0 spiro atoms. The summed E-state index contributed by atoms with van der Waals surface area (Å²) in [6.45, 7) is 0. The minimum absolute atomic E-state index is 0.396. The van der Waals surface area contributed by atoms with E-state index < -0.39 is 5.97 Å². The molecule has 0 atom stereocenters. The molecule has 0 amide bonds. The number of methoxy groups -OCH3 is 2. The van der Waals surface area contributed by atoms with E-state index in [2.05, 4.69) is 4.74 Å². The van der Waals surface area contributed by atoms with Crippen LogP contribution in [0.4, 0.5) is 5.69 Å². The molecule has 0 bridgehead atoms. The van der Waals surface area contributed by atoms with Gasteiger partial charge in [-0.1, -0.05) is 17.7 Å². The van der Waals surface area contributed by atoms with Crippen LogP contribution in [0.2, 0.25) is 5.02 Å². The van der Waals surface area contributed by atoms with Gasteiger partial charge in [-0.2, -0.15) is 0 Å². The van der Waals surface area contributed by atoms with Crippen molar-refractivity contribution in [2.45, 2.75) is 0 Å². The summed E-state index contributed by atoms with van der Waals surface area (Å²) in [6, 6.07) is 10.3. The van der Waals surface area contributed by atoms with E-state index in [1.54, 1.807) is 43.5 Å². The number of rotatable bonds is 3. The van der Waals surface area contributed by atoms with Crippen molar-refractivity contribution in [2.75, 3.05) is 20.0 Å². The first-order chi connectivity index (χ1) is 9.56. The van der Waals surface area contributed by atoms with Crippen molar-refractivity contribution in [2.24, 2.45) is 0 Å². The largest absolute Gasteiger partial charge is 0.497 e. The van der Waals surface area contributed by atoms with Crippen LogP contribution in [-0.2, 0) is 4.74 Å². The summed E-state index contributed by atoms with van der Waals surface area (Å²) in [4.78, 5) is 11.5. The van der Waals surface area contributed by atoms with Crippen LogP contribution in [-0.4, -0.2) is 20.2 Å². The molecule has 104 valence electrons. The first-order valence-corrected chi connectivity index (χ1v) is 6.26. The lowest BCUT2D eigenvalue weighted by Crippen LogP contribution is -2.02. The average Bonchev–Trinajstić information content (AvgIpc) is 2.47. The van der Waals surface area contributed by atoms with Crippen LogP contribution in [0, 0.1) is 0 Å². The van der Waals surface area contributed by atoms with Crippen molar-refractivity contribution >= 4 is 23.3 Å². The Hall–Kier alpha value is -2.20. The molecule has 0 saturated heterocycles. The zero-order chi connectivity index (χ0) is 14.7. The third-order valence-electron chi connectivity index (χ3n) is 2.94. The van der Waals surface area contributed by atoms with Crippen LogP contribution in [0.5, 0.6) is 5.75 Å². The molecule has 2 rings (SSSR count). The second kappa shape index (κ2) is 5.84. The minimum Gasteiger partial charge on any atom is -0.497 e. The van der Waals surface area contributed by atoms with Crippen molar-refractivity contribution in [1.82, 2.24) is 0 Å². The van der Waals surface area contributed by atoms with Crippen molar-refractivity contribution in [3.8, 4) is 16.9 Å². The fourth-order valence-corrected chi connectivity index (χ4v) is 2.11. The monoisotopic (exact) mass is 291 g/mol. The molecule has 20 heavy (non-hydrogen) atoms. The van der Waals surface area contributed by atoms with Crippen LogP contribution in [0.25, 0.3) is 11.1 Å². The van der Waals surface area contributed by atoms with E-state index in [4.69, 9.17) is 22.1 Å². The van der Waals surface area contributed by atoms with Crippen LogP contribution < -0.4 is 10.5 Å². The van der Waals surface area contributed by atoms with Gasteiger partial charge in [0.2, 0.25) is 0 Å². The Bertz CT molecular complexity index is 656. The Kier molecular flexibility index (Phi) is 4.15. The summed E-state index contributed by atoms with van der Waals surface area (Å²) in [7, 11) is 2.90. The summed E-state index contributed by atoms with van der Waals surface area (Å²) in [5, 5.41) is 0.559. The summed E-state index contributed by atoms with van der Waals surface area (Å²) >= 11 is 6.19. The number of carbonyl (C=O) groups is 1. The van der Waals surface area contributed by atoms with E-state index in [1.807, 2.05) is 0 Å². The van der Waals surface area contributed by atoms with Crippen molar-refractivity contribution in [3.63, 3.8) is 0 Å². The third-order valence-corrected chi connectivity index (χ3v) is 3.27. The molecule has 0 heterocycles. The quantitative estimate of drug-likeness (QED) is 0.695. The van der Waals surface area contributed by atoms with Crippen LogP contribution in [0.15, 0.2) is 36.4 Å². The molecule has 0 fully saturated rings. The van der Waals surface area contributed by atoms with Crippen LogP contribution in [0.1, 0.15) is 10.4 Å². The van der Waals surface area contributed by atoms with Gasteiger partial charge in [-0.05, 0) is 30.3 Å². The van der Waals surface area contributed by atoms with Crippen molar-refractivity contribution in [1.29, 1.82) is 0 Å². The predicted molar refractivity (Wildman–Crippen MR) is 79.2 cm³/mol. The van der Waals surface area contributed by atoms with Gasteiger partial charge in [-0.3, -0.25) is 0 Å². The Balaban J connectivity index is 2.51. The first-order valence-electron chi connectivity index (χ1n) is 5.88. The van der Waals surface area contributed by atoms with E-state index >= 15 is 0 Å². The highest BCUT2D eigenvalue weighted by molar-refractivity contribution is 6.33. The number of hydrogen-bond donors (Lipinski definition) is 1. The zero-order valence-electron chi connectivity index (χ0n) is 11.1. The van der Waals surface area contributed by atoms with Crippen LogP contribution >= 0.6 is 11.6 Å².